The number of piperidine rings is 1. The summed E-state index contributed by atoms with van der Waals surface area (Å²) in [7, 11) is 0. The molecule has 3 atom stereocenters. The first kappa shape index (κ1) is 27.9. The molecule has 2 fully saturated rings. The van der Waals surface area contributed by atoms with Crippen LogP contribution in [0.25, 0.3) is 10.8 Å². The fraction of sp³-hybridized carbons (Fsp3) is 0.265. The Kier molecular flexibility index (Phi) is 7.71. The van der Waals surface area contributed by atoms with E-state index in [1.165, 1.54) is 0 Å². The second-order valence-corrected chi connectivity index (χ2v) is 11.5. The largest absolute Gasteiger partial charge is 0.480 e. The third-order valence-corrected chi connectivity index (χ3v) is 8.72. The van der Waals surface area contributed by atoms with E-state index < -0.39 is 17.9 Å². The lowest BCUT2D eigenvalue weighted by atomic mass is 10.0. The van der Waals surface area contributed by atoms with Gasteiger partial charge in [0.05, 0.1) is 16.6 Å². The van der Waals surface area contributed by atoms with Gasteiger partial charge >= 0.3 is 5.97 Å². The van der Waals surface area contributed by atoms with E-state index in [1.807, 2.05) is 41.3 Å². The minimum absolute atomic E-state index is 0.0850. The van der Waals surface area contributed by atoms with Crippen molar-refractivity contribution in [1.82, 2.24) is 10.2 Å². The molecule has 0 spiro atoms. The summed E-state index contributed by atoms with van der Waals surface area (Å²) in [5.74, 6) is -1.58. The van der Waals surface area contributed by atoms with Crippen molar-refractivity contribution in [2.24, 2.45) is 0 Å². The number of carbonyl (C=O) groups is 3. The average molecular weight is 582 g/mol. The van der Waals surface area contributed by atoms with E-state index in [4.69, 9.17) is 11.6 Å². The van der Waals surface area contributed by atoms with Gasteiger partial charge in [0.1, 0.15) is 12.2 Å². The second-order valence-electron chi connectivity index (χ2n) is 11.1. The number of aryl methyl sites for hydroxylation is 1. The number of carboxylic acid groups (broad SMARTS) is 1. The zero-order chi connectivity index (χ0) is 29.4. The zero-order valence-electron chi connectivity index (χ0n) is 23.3. The predicted octanol–water partition coefficient (Wildman–Crippen LogP) is 6.13. The molecule has 2 N–H and O–H groups in total. The van der Waals surface area contributed by atoms with E-state index >= 15 is 0 Å². The molecule has 3 unspecified atom stereocenters. The SMILES string of the molecule is Cc1cccc(Cl)c1C(=O)NC(Cc1ccc(N2C(=O)C3CCCCN3C2c2ccc3ccccc3c2)cc1)C(=O)O. The highest BCUT2D eigenvalue weighted by molar-refractivity contribution is 6.34. The Morgan fingerprint density at radius 2 is 1.74 bits per heavy atom. The first-order valence-corrected chi connectivity index (χ1v) is 14.6. The van der Waals surface area contributed by atoms with Crippen molar-refractivity contribution in [2.75, 3.05) is 11.4 Å². The molecule has 4 aromatic rings. The van der Waals surface area contributed by atoms with E-state index in [2.05, 4.69) is 40.5 Å². The summed E-state index contributed by atoms with van der Waals surface area (Å²) < 4.78 is 0. The zero-order valence-corrected chi connectivity index (χ0v) is 24.1. The van der Waals surface area contributed by atoms with Crippen LogP contribution in [-0.2, 0) is 16.0 Å². The topological polar surface area (TPSA) is 90.0 Å². The molecular formula is C34H32ClN3O4. The molecule has 2 aliphatic heterocycles. The molecule has 42 heavy (non-hydrogen) atoms. The Bertz CT molecular complexity index is 1650. The van der Waals surface area contributed by atoms with Gasteiger partial charge in [-0.3, -0.25) is 19.4 Å². The Morgan fingerprint density at radius 3 is 2.48 bits per heavy atom. The molecule has 0 aliphatic carbocycles. The molecule has 2 heterocycles. The smallest absolute Gasteiger partial charge is 0.326 e. The molecule has 2 aliphatic rings. The number of rotatable bonds is 7. The van der Waals surface area contributed by atoms with Crippen molar-refractivity contribution in [3.63, 3.8) is 0 Å². The number of carbonyl (C=O) groups excluding carboxylic acids is 2. The number of nitrogens with one attached hydrogen (secondary N) is 1. The number of halogens is 1. The molecule has 4 aromatic carbocycles. The van der Waals surface area contributed by atoms with Gasteiger partial charge in [0, 0.05) is 18.7 Å². The fourth-order valence-corrected chi connectivity index (χ4v) is 6.60. The summed E-state index contributed by atoms with van der Waals surface area (Å²) in [5, 5.41) is 15.1. The molecule has 0 aromatic heterocycles. The lowest BCUT2D eigenvalue weighted by molar-refractivity contribution is -0.139. The molecule has 6 rings (SSSR count). The van der Waals surface area contributed by atoms with Gasteiger partial charge in [-0.15, -0.1) is 0 Å². The van der Waals surface area contributed by atoms with Crippen molar-refractivity contribution < 1.29 is 19.5 Å². The summed E-state index contributed by atoms with van der Waals surface area (Å²) in [6.45, 7) is 2.61. The summed E-state index contributed by atoms with van der Waals surface area (Å²) in [5.41, 5.74) is 3.50. The lowest BCUT2D eigenvalue weighted by Gasteiger charge is -2.34. The predicted molar refractivity (Wildman–Crippen MR) is 164 cm³/mol. The van der Waals surface area contributed by atoms with Gasteiger partial charge in [-0.1, -0.05) is 78.7 Å². The fourth-order valence-electron chi connectivity index (χ4n) is 6.30. The molecule has 2 saturated heterocycles. The average Bonchev–Trinajstić information content (AvgIpc) is 3.29. The van der Waals surface area contributed by atoms with Crippen molar-refractivity contribution in [1.29, 1.82) is 0 Å². The number of aliphatic carboxylic acids is 1. The summed E-state index contributed by atoms with van der Waals surface area (Å²) in [6.07, 6.45) is 2.78. The molecule has 0 saturated carbocycles. The number of carboxylic acids is 1. The molecule has 214 valence electrons. The van der Waals surface area contributed by atoms with E-state index in [1.54, 1.807) is 25.1 Å². The van der Waals surface area contributed by atoms with E-state index in [9.17, 15) is 19.5 Å². The van der Waals surface area contributed by atoms with Crippen LogP contribution < -0.4 is 10.2 Å². The van der Waals surface area contributed by atoms with Crippen LogP contribution >= 0.6 is 11.6 Å². The van der Waals surface area contributed by atoms with Gasteiger partial charge in [0.25, 0.3) is 5.91 Å². The van der Waals surface area contributed by atoms with Gasteiger partial charge in [-0.25, -0.2) is 4.79 Å². The number of anilines is 1. The van der Waals surface area contributed by atoms with Gasteiger partial charge in [0.2, 0.25) is 5.91 Å². The third kappa shape index (κ3) is 5.26. The van der Waals surface area contributed by atoms with Crippen LogP contribution in [0.5, 0.6) is 0 Å². The highest BCUT2D eigenvalue weighted by Crippen LogP contribution is 2.42. The molecule has 0 radical (unpaired) electrons. The molecule has 8 heteroatoms. The minimum Gasteiger partial charge on any atom is -0.480 e. The third-order valence-electron chi connectivity index (χ3n) is 8.40. The van der Waals surface area contributed by atoms with E-state index in [0.29, 0.717) is 5.56 Å². The second kappa shape index (κ2) is 11.6. The maximum Gasteiger partial charge on any atom is 0.326 e. The number of benzene rings is 4. The Balaban J connectivity index is 1.26. The Hall–Kier alpha value is -4.20. The molecule has 0 bridgehead atoms. The Morgan fingerprint density at radius 1 is 0.976 bits per heavy atom. The van der Waals surface area contributed by atoms with Crippen molar-refractivity contribution in [2.45, 2.75) is 50.9 Å². The van der Waals surface area contributed by atoms with Gasteiger partial charge in [-0.2, -0.15) is 0 Å². The van der Waals surface area contributed by atoms with Crippen LogP contribution in [0.1, 0.15) is 52.5 Å². The van der Waals surface area contributed by atoms with Crippen LogP contribution in [0.2, 0.25) is 5.02 Å². The van der Waals surface area contributed by atoms with Gasteiger partial charge < -0.3 is 10.4 Å². The number of hydrogen-bond acceptors (Lipinski definition) is 4. The molecule has 7 nitrogen and oxygen atoms in total. The van der Waals surface area contributed by atoms with Crippen LogP contribution in [-0.4, -0.2) is 46.4 Å². The normalized spacial score (nSPS) is 19.5. The van der Waals surface area contributed by atoms with Crippen molar-refractivity contribution >= 4 is 45.8 Å². The van der Waals surface area contributed by atoms with Gasteiger partial charge in [-0.05, 0) is 71.5 Å². The molecule has 2 amide bonds. The highest BCUT2D eigenvalue weighted by atomic mass is 35.5. The monoisotopic (exact) mass is 581 g/mol. The maximum absolute atomic E-state index is 13.8. The first-order valence-electron chi connectivity index (χ1n) is 14.3. The van der Waals surface area contributed by atoms with Crippen LogP contribution in [0.3, 0.4) is 0 Å². The highest BCUT2D eigenvalue weighted by Gasteiger charge is 2.48. The quantitative estimate of drug-likeness (QED) is 0.274. The number of amides is 2. The van der Waals surface area contributed by atoms with E-state index in [0.717, 1.165) is 53.4 Å². The number of hydrogen-bond donors (Lipinski definition) is 2. The first-order chi connectivity index (χ1) is 20.3. The van der Waals surface area contributed by atoms with E-state index in [-0.39, 0.29) is 35.1 Å². The van der Waals surface area contributed by atoms with Crippen LogP contribution in [0.4, 0.5) is 5.69 Å². The van der Waals surface area contributed by atoms with Crippen LogP contribution in [0, 0.1) is 6.92 Å². The van der Waals surface area contributed by atoms with Crippen molar-refractivity contribution in [3.8, 4) is 0 Å². The Labute approximate surface area is 249 Å². The van der Waals surface area contributed by atoms with Crippen LogP contribution in [0.15, 0.2) is 84.9 Å². The molecular weight excluding hydrogens is 550 g/mol. The standard InChI is InChI=1S/C34H32ClN3O4/c1-21-7-6-10-27(35)30(21)31(39)36-28(34(41)42)19-22-12-16-26(17-13-22)38-32(37-18-5-4-11-29(37)33(38)40)25-15-14-23-8-2-3-9-24(23)20-25/h2-3,6-10,12-17,20,28-29,32H,4-5,11,18-19H2,1H3,(H,36,39)(H,41,42). The lowest BCUT2D eigenvalue weighted by Crippen LogP contribution is -2.42. The minimum atomic E-state index is -1.15. The number of nitrogens with zero attached hydrogens (tertiary/aromatic N) is 2. The maximum atomic E-state index is 13.8. The number of fused-ring (bicyclic) bond motifs is 2. The summed E-state index contributed by atoms with van der Waals surface area (Å²) in [4.78, 5) is 43.0. The van der Waals surface area contributed by atoms with Crippen molar-refractivity contribution in [3.05, 3.63) is 112 Å². The summed E-state index contributed by atoms with van der Waals surface area (Å²) >= 11 is 6.23. The summed E-state index contributed by atoms with van der Waals surface area (Å²) in [6, 6.07) is 25.8. The van der Waals surface area contributed by atoms with Gasteiger partial charge in [0.15, 0.2) is 0 Å².